The van der Waals surface area contributed by atoms with Gasteiger partial charge in [0.2, 0.25) is 11.8 Å². The minimum Gasteiger partial charge on any atom is -0.497 e. The summed E-state index contributed by atoms with van der Waals surface area (Å²) in [6.07, 6.45) is 5.19. The molecule has 0 spiro atoms. The lowest BCUT2D eigenvalue weighted by Gasteiger charge is -2.44. The third-order valence-electron chi connectivity index (χ3n) is 15.2. The number of rotatable bonds is 26. The smallest absolute Gasteiger partial charge is 0.306 e. The van der Waals surface area contributed by atoms with Crippen LogP contribution in [0.5, 0.6) is 11.5 Å². The number of piperidine rings is 1. The molecule has 1 aliphatic rings. The van der Waals surface area contributed by atoms with Crippen LogP contribution in [0.3, 0.4) is 0 Å². The van der Waals surface area contributed by atoms with E-state index in [0.717, 1.165) is 42.4 Å². The molecule has 12 heteroatoms. The zero-order valence-corrected chi connectivity index (χ0v) is 45.2. The van der Waals surface area contributed by atoms with Crippen LogP contribution in [-0.4, -0.2) is 105 Å². The highest BCUT2D eigenvalue weighted by atomic mass is 16.5. The van der Waals surface area contributed by atoms with Crippen LogP contribution in [-0.2, 0) is 40.7 Å². The zero-order valence-electron chi connectivity index (χ0n) is 45.2. The van der Waals surface area contributed by atoms with Crippen molar-refractivity contribution >= 4 is 56.1 Å². The maximum Gasteiger partial charge on any atom is 0.306 e. The van der Waals surface area contributed by atoms with E-state index in [2.05, 4.69) is 85.6 Å². The second-order valence-electron chi connectivity index (χ2n) is 19.9. The number of hydrogen-bond acceptors (Lipinski definition) is 9. The molecule has 8 rings (SSSR count). The van der Waals surface area contributed by atoms with Gasteiger partial charge in [0.05, 0.1) is 40.3 Å². The number of unbranched alkanes of at least 4 members (excludes halogenated alkanes) is 2. The largest absolute Gasteiger partial charge is 0.497 e. The van der Waals surface area contributed by atoms with Crippen LogP contribution in [0.2, 0.25) is 0 Å². The highest BCUT2D eigenvalue weighted by Gasteiger charge is 2.44. The van der Waals surface area contributed by atoms with Crippen molar-refractivity contribution in [3.63, 3.8) is 0 Å². The number of carboxylic acid groups (broad SMARTS) is 1. The van der Waals surface area contributed by atoms with Crippen molar-refractivity contribution in [2.45, 2.75) is 97.0 Å². The Labute approximate surface area is 449 Å². The van der Waals surface area contributed by atoms with Gasteiger partial charge >= 0.3 is 11.9 Å². The summed E-state index contributed by atoms with van der Waals surface area (Å²) in [5.41, 5.74) is 2.07. The first-order valence-corrected chi connectivity index (χ1v) is 27.2. The molecular formula is C64H77N3O9. The lowest BCUT2D eigenvalue weighted by Crippen LogP contribution is -2.49. The number of hydrogen-bond donors (Lipinski definition) is 2. The third kappa shape index (κ3) is 14.3. The first-order chi connectivity index (χ1) is 37.0. The highest BCUT2D eigenvalue weighted by molar-refractivity contribution is 6.23. The second kappa shape index (κ2) is 27.7. The van der Waals surface area contributed by atoms with E-state index in [1.165, 1.54) is 57.5 Å². The molecule has 0 aliphatic carbocycles. The number of carboxylic acids is 1. The molecule has 2 N–H and O–H groups in total. The first-order valence-electron chi connectivity index (χ1n) is 27.2. The summed E-state index contributed by atoms with van der Waals surface area (Å²) in [6, 6.07) is 45.1. The first kappa shape index (κ1) is 56.7. The van der Waals surface area contributed by atoms with Crippen LogP contribution in [0, 0.1) is 5.41 Å². The van der Waals surface area contributed by atoms with Gasteiger partial charge in [-0.05, 0) is 137 Å². The van der Waals surface area contributed by atoms with Crippen molar-refractivity contribution < 1.29 is 43.2 Å². The molecule has 1 fully saturated rings. The molecule has 7 aromatic rings. The number of carbonyl (C=O) groups is 4. The van der Waals surface area contributed by atoms with Crippen LogP contribution < -0.4 is 14.8 Å². The van der Waals surface area contributed by atoms with Crippen LogP contribution in [0.15, 0.2) is 133 Å². The Bertz CT molecular complexity index is 2880. The Balaban J connectivity index is 0.00000112. The van der Waals surface area contributed by atoms with Crippen LogP contribution in [0.1, 0.15) is 107 Å². The van der Waals surface area contributed by atoms with E-state index in [0.29, 0.717) is 63.2 Å². The van der Waals surface area contributed by atoms with Crippen molar-refractivity contribution in [3.8, 4) is 11.5 Å². The molecule has 0 atom stereocenters. The van der Waals surface area contributed by atoms with E-state index in [1.54, 1.807) is 14.2 Å². The van der Waals surface area contributed by atoms with Gasteiger partial charge in [-0.25, -0.2) is 0 Å². The number of likely N-dealkylation sites (tertiary alicyclic amines) is 1. The Morgan fingerprint density at radius 1 is 0.605 bits per heavy atom. The molecule has 0 radical (unpaired) electrons. The van der Waals surface area contributed by atoms with Gasteiger partial charge in [0.15, 0.2) is 0 Å². The molecule has 1 saturated heterocycles. The maximum absolute atomic E-state index is 13.6. The summed E-state index contributed by atoms with van der Waals surface area (Å²) >= 11 is 0. The van der Waals surface area contributed by atoms with E-state index in [-0.39, 0.29) is 37.9 Å². The van der Waals surface area contributed by atoms with E-state index >= 15 is 0 Å². The number of carbonyl (C=O) groups excluding carboxylic acids is 3. The van der Waals surface area contributed by atoms with Crippen molar-refractivity contribution in [2.24, 2.45) is 5.41 Å². The van der Waals surface area contributed by atoms with E-state index in [4.69, 9.17) is 18.9 Å². The fourth-order valence-corrected chi connectivity index (χ4v) is 10.6. The zero-order chi connectivity index (χ0) is 53.9. The van der Waals surface area contributed by atoms with E-state index in [1.807, 2.05) is 83.8 Å². The maximum atomic E-state index is 13.6. The molecule has 12 nitrogen and oxygen atoms in total. The monoisotopic (exact) mass is 1030 g/mol. The molecule has 0 aromatic heterocycles. The van der Waals surface area contributed by atoms with Crippen molar-refractivity contribution in [1.29, 1.82) is 0 Å². The van der Waals surface area contributed by atoms with Gasteiger partial charge in [0.1, 0.15) is 17.1 Å². The van der Waals surface area contributed by atoms with Crippen LogP contribution >= 0.6 is 0 Å². The molecule has 76 heavy (non-hydrogen) atoms. The summed E-state index contributed by atoms with van der Waals surface area (Å²) in [5.74, 6) is -0.160. The second-order valence-corrected chi connectivity index (χ2v) is 19.9. The summed E-state index contributed by atoms with van der Waals surface area (Å²) in [7, 11) is 3.25. The quantitative estimate of drug-likeness (QED) is 0.0233. The van der Waals surface area contributed by atoms with E-state index in [9.17, 15) is 24.3 Å². The number of methoxy groups -OCH3 is 2. The molecule has 0 saturated carbocycles. The van der Waals surface area contributed by atoms with Gasteiger partial charge in [-0.3, -0.25) is 19.2 Å². The van der Waals surface area contributed by atoms with Gasteiger partial charge in [-0.15, -0.1) is 0 Å². The van der Waals surface area contributed by atoms with Crippen molar-refractivity contribution in [2.75, 3.05) is 66.7 Å². The topological polar surface area (TPSA) is 144 Å². The normalized spacial score (nSPS) is 13.4. The molecule has 402 valence electrons. The number of aliphatic carboxylic acids is 1. The summed E-state index contributed by atoms with van der Waals surface area (Å²) in [5, 5.41) is 19.9. The SMILES string of the molecule is CCN(CC)CC.COc1ccc(C(OCC2(COC(=O)CCC(=O)O)CCN(C(=O)CCCCCNC(=O)CCCc3ccc4ccc5cccc6ccc3c4c56)CC2)(c2ccccc2)c2ccc(OC)cc2)cc1. The van der Waals surface area contributed by atoms with Gasteiger partial charge in [-0.2, -0.15) is 0 Å². The number of nitrogens with zero attached hydrogens (tertiary/aromatic N) is 2. The van der Waals surface area contributed by atoms with Crippen molar-refractivity contribution in [3.05, 3.63) is 156 Å². The van der Waals surface area contributed by atoms with Gasteiger partial charge in [-0.1, -0.05) is 136 Å². The van der Waals surface area contributed by atoms with E-state index < -0.39 is 23.0 Å². The predicted molar refractivity (Wildman–Crippen MR) is 302 cm³/mol. The number of nitrogens with one attached hydrogen (secondary N) is 1. The minimum atomic E-state index is -1.11. The average Bonchev–Trinajstić information content (AvgIpc) is 3.52. The number of esters is 1. The summed E-state index contributed by atoms with van der Waals surface area (Å²) < 4.78 is 24.2. The predicted octanol–water partition coefficient (Wildman–Crippen LogP) is 12.0. The fourth-order valence-electron chi connectivity index (χ4n) is 10.6. The lowest BCUT2D eigenvalue weighted by atomic mass is 9.77. The number of benzene rings is 7. The van der Waals surface area contributed by atoms with Crippen molar-refractivity contribution in [1.82, 2.24) is 15.1 Å². The molecule has 1 aliphatic heterocycles. The van der Waals surface area contributed by atoms with Crippen LogP contribution in [0.25, 0.3) is 32.3 Å². The van der Waals surface area contributed by atoms with Gasteiger partial charge < -0.3 is 39.2 Å². The summed E-state index contributed by atoms with van der Waals surface area (Å²) in [4.78, 5) is 54.9. The van der Waals surface area contributed by atoms with Gasteiger partial charge in [0.25, 0.3) is 0 Å². The molecular weight excluding hydrogens is 955 g/mol. The fraction of sp³-hybridized carbons (Fsp3) is 0.406. The molecule has 0 bridgehead atoms. The standard InChI is InChI=1S/C58H62N2O9.C6H15N/c1-66-48-27-23-46(24-28-48)58(45-14-5-3-6-15-45,47-25-29-49(67-2)30-26-47)69-40-57(39-68-54(65)33-32-53(63)64)34-37-60(38-35-57)52(62)17-7-4-8-36-59-51(61)16-10-11-41-18-19-44-21-20-42-12-9-13-43-22-31-50(41)56(44)55(42)43;1-4-7(5-2)6-3/h3,5-6,9,12-15,18-31H,4,7-8,10-11,16-17,32-40H2,1-2H3,(H,59,61)(H,63,64);4-6H2,1-3H3. The number of ether oxygens (including phenoxy) is 4. The molecule has 1 heterocycles. The number of amides is 2. The lowest BCUT2D eigenvalue weighted by molar-refractivity contribution is -0.157. The molecule has 0 unspecified atom stereocenters. The Morgan fingerprint density at radius 2 is 1.18 bits per heavy atom. The minimum absolute atomic E-state index is 0.00923. The summed E-state index contributed by atoms with van der Waals surface area (Å²) in [6.45, 7) is 11.8. The number of aryl methyl sites for hydroxylation is 1. The Hall–Kier alpha value is -7.02. The Kier molecular flexibility index (Phi) is 20.6. The third-order valence-corrected chi connectivity index (χ3v) is 15.2. The molecule has 7 aromatic carbocycles. The van der Waals surface area contributed by atoms with Crippen LogP contribution in [0.4, 0.5) is 0 Å². The average molecular weight is 1030 g/mol. The Morgan fingerprint density at radius 3 is 1.76 bits per heavy atom. The highest BCUT2D eigenvalue weighted by Crippen LogP contribution is 2.45. The molecule has 2 amide bonds. The van der Waals surface area contributed by atoms with Gasteiger partial charge in [0, 0.05) is 37.9 Å².